The third kappa shape index (κ3) is 1.95. The standard InChI is InChI=1S/C10H10FN3O5/c1-2-10(11)6(16)5(3-15)19-7(10)14-4-12-8(17)13-9(14)18/h1,4-7,15-16H,3H2,(H,13,17,18)/t5-,6?,7-,10-/m1/s1. The number of aliphatic hydroxyl groups is 2. The van der Waals surface area contributed by atoms with Crippen molar-refractivity contribution in [1.82, 2.24) is 14.5 Å². The van der Waals surface area contributed by atoms with Crippen LogP contribution in [0.3, 0.4) is 0 Å². The molecule has 1 aromatic rings. The van der Waals surface area contributed by atoms with Crippen LogP contribution in [0.1, 0.15) is 6.23 Å². The molecule has 3 N–H and O–H groups in total. The van der Waals surface area contributed by atoms with Gasteiger partial charge in [-0.15, -0.1) is 6.42 Å². The van der Waals surface area contributed by atoms with E-state index < -0.39 is 42.1 Å². The van der Waals surface area contributed by atoms with E-state index >= 15 is 0 Å². The third-order valence-electron chi connectivity index (χ3n) is 2.85. The Labute approximate surface area is 105 Å². The summed E-state index contributed by atoms with van der Waals surface area (Å²) in [5, 5.41) is 18.6. The molecule has 0 amide bonds. The van der Waals surface area contributed by atoms with Crippen molar-refractivity contribution in [3.05, 3.63) is 27.3 Å². The van der Waals surface area contributed by atoms with Crippen molar-refractivity contribution in [2.75, 3.05) is 6.61 Å². The molecule has 1 saturated heterocycles. The molecule has 0 aliphatic carbocycles. The van der Waals surface area contributed by atoms with Crippen molar-refractivity contribution in [3.63, 3.8) is 0 Å². The predicted octanol–water partition coefficient (Wildman–Crippen LogP) is -2.48. The predicted molar refractivity (Wildman–Crippen MR) is 58.8 cm³/mol. The van der Waals surface area contributed by atoms with Crippen LogP contribution in [0, 0.1) is 12.3 Å². The molecule has 0 radical (unpaired) electrons. The van der Waals surface area contributed by atoms with E-state index in [1.165, 1.54) is 0 Å². The topological polar surface area (TPSA) is 117 Å². The Morgan fingerprint density at radius 2 is 2.37 bits per heavy atom. The van der Waals surface area contributed by atoms with Gasteiger partial charge in [0.25, 0.3) is 0 Å². The van der Waals surface area contributed by atoms with E-state index in [4.69, 9.17) is 16.3 Å². The fourth-order valence-corrected chi connectivity index (χ4v) is 1.85. The molecule has 1 aliphatic rings. The van der Waals surface area contributed by atoms with Crippen molar-refractivity contribution in [3.8, 4) is 12.3 Å². The second kappa shape index (κ2) is 4.58. The van der Waals surface area contributed by atoms with Crippen LogP contribution in [-0.2, 0) is 4.74 Å². The van der Waals surface area contributed by atoms with Gasteiger partial charge in [0.15, 0.2) is 6.23 Å². The molecule has 1 unspecified atom stereocenters. The Bertz CT molecular complexity index is 635. The van der Waals surface area contributed by atoms with Crippen LogP contribution >= 0.6 is 0 Å². The van der Waals surface area contributed by atoms with Gasteiger partial charge in [0.2, 0.25) is 5.67 Å². The van der Waals surface area contributed by atoms with Crippen molar-refractivity contribution >= 4 is 0 Å². The zero-order chi connectivity index (χ0) is 14.2. The van der Waals surface area contributed by atoms with Crippen LogP contribution in [-0.4, -0.2) is 49.2 Å². The number of rotatable bonds is 2. The Kier molecular flexibility index (Phi) is 3.23. The van der Waals surface area contributed by atoms with Crippen LogP contribution in [0.25, 0.3) is 0 Å². The second-order valence-electron chi connectivity index (χ2n) is 3.95. The Morgan fingerprint density at radius 1 is 1.68 bits per heavy atom. The zero-order valence-electron chi connectivity index (χ0n) is 9.49. The average Bonchev–Trinajstić information content (AvgIpc) is 2.63. The molecule has 9 heteroatoms. The number of H-pyrrole nitrogens is 1. The molecular formula is C10H10FN3O5. The highest BCUT2D eigenvalue weighted by molar-refractivity contribution is 5.19. The van der Waals surface area contributed by atoms with Crippen molar-refractivity contribution in [1.29, 1.82) is 0 Å². The van der Waals surface area contributed by atoms with Gasteiger partial charge in [-0.3, -0.25) is 9.55 Å². The van der Waals surface area contributed by atoms with Gasteiger partial charge in [-0.1, -0.05) is 5.92 Å². The maximum atomic E-state index is 14.5. The highest BCUT2D eigenvalue weighted by Crippen LogP contribution is 2.40. The third-order valence-corrected chi connectivity index (χ3v) is 2.85. The lowest BCUT2D eigenvalue weighted by Crippen LogP contribution is -2.45. The fraction of sp³-hybridized carbons (Fsp3) is 0.500. The van der Waals surface area contributed by atoms with E-state index in [0.717, 1.165) is 6.33 Å². The van der Waals surface area contributed by atoms with E-state index in [0.29, 0.717) is 4.57 Å². The average molecular weight is 271 g/mol. The number of aliphatic hydroxyl groups excluding tert-OH is 2. The first-order valence-corrected chi connectivity index (χ1v) is 5.22. The minimum atomic E-state index is -2.73. The van der Waals surface area contributed by atoms with Crippen molar-refractivity contribution in [2.45, 2.75) is 24.1 Å². The van der Waals surface area contributed by atoms with Gasteiger partial charge >= 0.3 is 11.4 Å². The quantitative estimate of drug-likeness (QED) is 0.513. The van der Waals surface area contributed by atoms with Crippen molar-refractivity contribution in [2.24, 2.45) is 0 Å². The number of halogens is 1. The molecule has 1 aliphatic heterocycles. The molecule has 1 fully saturated rings. The number of ether oxygens (including phenoxy) is 1. The SMILES string of the molecule is C#C[C@@]1(F)C(O)[C@@H](CO)O[C@H]1n1cnc(=O)[nH]c1=O. The van der Waals surface area contributed by atoms with Crippen LogP contribution in [0.2, 0.25) is 0 Å². The first kappa shape index (κ1) is 13.4. The molecule has 0 spiro atoms. The van der Waals surface area contributed by atoms with Crippen LogP contribution in [0.4, 0.5) is 4.39 Å². The molecular weight excluding hydrogens is 261 g/mol. The number of hydrogen-bond donors (Lipinski definition) is 3. The number of aromatic nitrogens is 3. The lowest BCUT2D eigenvalue weighted by Gasteiger charge is -2.23. The Morgan fingerprint density at radius 3 is 2.89 bits per heavy atom. The molecule has 4 atom stereocenters. The van der Waals surface area contributed by atoms with Crippen LogP contribution in [0.15, 0.2) is 15.9 Å². The number of hydrogen-bond acceptors (Lipinski definition) is 6. The molecule has 8 nitrogen and oxygen atoms in total. The molecule has 19 heavy (non-hydrogen) atoms. The summed E-state index contributed by atoms with van der Waals surface area (Å²) >= 11 is 0. The van der Waals surface area contributed by atoms with Gasteiger partial charge in [-0.05, 0) is 0 Å². The number of nitrogens with one attached hydrogen (secondary N) is 1. The van der Waals surface area contributed by atoms with Gasteiger partial charge in [0.05, 0.1) is 6.61 Å². The van der Waals surface area contributed by atoms with Crippen LogP contribution in [0.5, 0.6) is 0 Å². The summed E-state index contributed by atoms with van der Waals surface area (Å²) in [5.74, 6) is 1.71. The summed E-state index contributed by atoms with van der Waals surface area (Å²) < 4.78 is 20.1. The van der Waals surface area contributed by atoms with E-state index in [1.807, 2.05) is 0 Å². The summed E-state index contributed by atoms with van der Waals surface area (Å²) in [7, 11) is 0. The number of aromatic amines is 1. The normalized spacial score (nSPS) is 34.1. The number of nitrogens with zero attached hydrogens (tertiary/aromatic N) is 2. The highest BCUT2D eigenvalue weighted by Gasteiger charge is 2.57. The molecule has 0 saturated carbocycles. The van der Waals surface area contributed by atoms with Gasteiger partial charge in [0.1, 0.15) is 18.5 Å². The highest BCUT2D eigenvalue weighted by atomic mass is 19.1. The lowest BCUT2D eigenvalue weighted by molar-refractivity contribution is -0.0548. The minimum absolute atomic E-state index is 0.611. The first-order chi connectivity index (χ1) is 8.93. The van der Waals surface area contributed by atoms with Crippen LogP contribution < -0.4 is 11.4 Å². The van der Waals surface area contributed by atoms with E-state index in [1.54, 1.807) is 10.9 Å². The molecule has 2 heterocycles. The van der Waals surface area contributed by atoms with E-state index in [-0.39, 0.29) is 0 Å². The monoisotopic (exact) mass is 271 g/mol. The molecule has 2 rings (SSSR count). The first-order valence-electron chi connectivity index (χ1n) is 5.22. The summed E-state index contributed by atoms with van der Waals surface area (Å²) in [4.78, 5) is 27.4. The summed E-state index contributed by atoms with van der Waals surface area (Å²) in [5.41, 5.74) is -4.63. The number of terminal acetylenes is 1. The lowest BCUT2D eigenvalue weighted by atomic mass is 9.97. The van der Waals surface area contributed by atoms with Crippen molar-refractivity contribution < 1.29 is 19.3 Å². The van der Waals surface area contributed by atoms with Gasteiger partial charge < -0.3 is 14.9 Å². The molecule has 1 aromatic heterocycles. The fourth-order valence-electron chi connectivity index (χ4n) is 1.85. The maximum Gasteiger partial charge on any atom is 0.350 e. The summed E-state index contributed by atoms with van der Waals surface area (Å²) in [6.45, 7) is -0.684. The molecule has 0 bridgehead atoms. The molecule has 102 valence electrons. The second-order valence-corrected chi connectivity index (χ2v) is 3.95. The minimum Gasteiger partial charge on any atom is -0.394 e. The summed E-state index contributed by atoms with van der Waals surface area (Å²) in [6, 6.07) is 0. The Hall–Kier alpha value is -2.02. The Balaban J connectivity index is 2.52. The zero-order valence-corrected chi connectivity index (χ0v) is 9.49. The smallest absolute Gasteiger partial charge is 0.350 e. The van der Waals surface area contributed by atoms with Gasteiger partial charge in [0, 0.05) is 0 Å². The molecule has 0 aromatic carbocycles. The summed E-state index contributed by atoms with van der Waals surface area (Å²) in [6.07, 6.45) is 0.989. The van der Waals surface area contributed by atoms with E-state index in [2.05, 4.69) is 4.98 Å². The number of alkyl halides is 1. The largest absolute Gasteiger partial charge is 0.394 e. The van der Waals surface area contributed by atoms with E-state index in [9.17, 15) is 19.1 Å². The van der Waals surface area contributed by atoms with Gasteiger partial charge in [-0.2, -0.15) is 4.98 Å². The van der Waals surface area contributed by atoms with Gasteiger partial charge in [-0.25, -0.2) is 14.0 Å². The maximum absolute atomic E-state index is 14.5.